The van der Waals surface area contributed by atoms with Crippen molar-refractivity contribution in [3.63, 3.8) is 0 Å². The van der Waals surface area contributed by atoms with Crippen molar-refractivity contribution < 1.29 is 4.79 Å². The van der Waals surface area contributed by atoms with E-state index in [0.717, 1.165) is 48.5 Å². The van der Waals surface area contributed by atoms with Crippen molar-refractivity contribution in [3.05, 3.63) is 27.6 Å². The molecule has 0 saturated heterocycles. The van der Waals surface area contributed by atoms with Crippen molar-refractivity contribution >= 4 is 33.2 Å². The fraction of sp³-hybridized carbons (Fsp3) is 0.667. The fourth-order valence-corrected chi connectivity index (χ4v) is 8.22. The molecule has 7 rings (SSSR count). The van der Waals surface area contributed by atoms with Crippen molar-refractivity contribution in [1.29, 1.82) is 0 Å². The van der Waals surface area contributed by atoms with Gasteiger partial charge in [-0.2, -0.15) is 0 Å². The zero-order valence-electron chi connectivity index (χ0n) is 18.7. The van der Waals surface area contributed by atoms with Gasteiger partial charge < -0.3 is 5.32 Å². The minimum absolute atomic E-state index is 0.0418. The monoisotopic (exact) mass is 453 g/mol. The summed E-state index contributed by atoms with van der Waals surface area (Å²) in [5.41, 5.74) is 1.33. The summed E-state index contributed by atoms with van der Waals surface area (Å²) < 4.78 is 4.22. The quantitative estimate of drug-likeness (QED) is 0.592. The Balaban J connectivity index is 1.04. The number of nitrogens with one attached hydrogen (secondary N) is 1. The highest BCUT2D eigenvalue weighted by atomic mass is 32.1. The molecule has 4 saturated carbocycles. The zero-order valence-corrected chi connectivity index (χ0v) is 19.5. The second-order valence-corrected chi connectivity index (χ2v) is 11.5. The lowest BCUT2D eigenvalue weighted by molar-refractivity contribution is -0.121. The molecule has 170 valence electrons. The molecule has 3 aromatic heterocycles. The van der Waals surface area contributed by atoms with Crippen LogP contribution in [-0.4, -0.2) is 31.6 Å². The molecule has 3 aromatic rings. The maximum absolute atomic E-state index is 12.5. The predicted molar refractivity (Wildman–Crippen MR) is 125 cm³/mol. The third-order valence-corrected chi connectivity index (χ3v) is 9.24. The Morgan fingerprint density at radius 3 is 2.62 bits per heavy atom. The molecule has 0 radical (unpaired) electrons. The van der Waals surface area contributed by atoms with Crippen LogP contribution in [0, 0.1) is 23.2 Å². The number of hydrogen-bond acceptors (Lipinski definition) is 5. The van der Waals surface area contributed by atoms with Crippen molar-refractivity contribution in [2.75, 3.05) is 6.54 Å². The van der Waals surface area contributed by atoms with Crippen LogP contribution in [0.15, 0.2) is 16.2 Å². The highest BCUT2D eigenvalue weighted by Gasteiger charge is 2.50. The number of aryl methyl sites for hydroxylation is 2. The molecule has 3 heterocycles. The smallest absolute Gasteiger partial charge is 0.272 e. The van der Waals surface area contributed by atoms with E-state index in [2.05, 4.69) is 15.5 Å². The van der Waals surface area contributed by atoms with Crippen LogP contribution in [0.2, 0.25) is 0 Å². The van der Waals surface area contributed by atoms with Crippen LogP contribution in [0.4, 0.5) is 0 Å². The molecule has 4 bridgehead atoms. The molecule has 0 spiro atoms. The number of rotatable bonds is 7. The van der Waals surface area contributed by atoms with Gasteiger partial charge in [-0.3, -0.25) is 18.6 Å². The molecule has 32 heavy (non-hydrogen) atoms. The summed E-state index contributed by atoms with van der Waals surface area (Å²) >= 11 is 1.44. The van der Waals surface area contributed by atoms with Gasteiger partial charge in [0, 0.05) is 26.4 Å². The summed E-state index contributed by atoms with van der Waals surface area (Å²) in [5, 5.41) is 13.7. The van der Waals surface area contributed by atoms with Gasteiger partial charge in [0.25, 0.3) is 5.56 Å². The number of carbonyl (C=O) groups excluding carboxylic acids is 1. The average molecular weight is 454 g/mol. The van der Waals surface area contributed by atoms with Crippen LogP contribution in [0.1, 0.15) is 63.6 Å². The van der Waals surface area contributed by atoms with E-state index in [4.69, 9.17) is 0 Å². The number of hydrogen-bond donors (Lipinski definition) is 1. The third kappa shape index (κ3) is 3.38. The van der Waals surface area contributed by atoms with Crippen LogP contribution >= 0.6 is 11.3 Å². The van der Waals surface area contributed by atoms with Gasteiger partial charge >= 0.3 is 0 Å². The van der Waals surface area contributed by atoms with E-state index in [1.54, 1.807) is 11.6 Å². The topological polar surface area (TPSA) is 81.3 Å². The summed E-state index contributed by atoms with van der Waals surface area (Å²) in [6, 6.07) is 1.94. The van der Waals surface area contributed by atoms with Crippen molar-refractivity contribution in [3.8, 4) is 0 Å². The Morgan fingerprint density at radius 1 is 1.19 bits per heavy atom. The number of thiophene rings is 1. The third-order valence-electron chi connectivity index (χ3n) is 8.34. The normalized spacial score (nSPS) is 28.7. The Hall–Kier alpha value is -2.22. The van der Waals surface area contributed by atoms with Crippen molar-refractivity contribution in [2.24, 2.45) is 30.2 Å². The first-order chi connectivity index (χ1) is 15.5. The number of amides is 1. The van der Waals surface area contributed by atoms with Crippen LogP contribution in [0.3, 0.4) is 0 Å². The molecular weight excluding hydrogens is 422 g/mol. The van der Waals surface area contributed by atoms with Gasteiger partial charge in [-0.25, -0.2) is 0 Å². The Labute approximate surface area is 191 Å². The molecule has 4 aliphatic rings. The van der Waals surface area contributed by atoms with Crippen LogP contribution in [0.25, 0.3) is 16.0 Å². The van der Waals surface area contributed by atoms with Gasteiger partial charge in [0.1, 0.15) is 10.5 Å². The van der Waals surface area contributed by atoms with Crippen molar-refractivity contribution in [1.82, 2.24) is 24.5 Å². The molecule has 0 aromatic carbocycles. The van der Waals surface area contributed by atoms with Gasteiger partial charge in [0.15, 0.2) is 0 Å². The van der Waals surface area contributed by atoms with Crippen molar-refractivity contribution in [2.45, 2.75) is 64.2 Å². The van der Waals surface area contributed by atoms with E-state index in [1.165, 1.54) is 49.9 Å². The Morgan fingerprint density at radius 2 is 1.91 bits per heavy atom. The Bertz CT molecular complexity index is 1200. The fourth-order valence-electron chi connectivity index (χ4n) is 7.37. The van der Waals surface area contributed by atoms with Crippen LogP contribution in [0.5, 0.6) is 0 Å². The van der Waals surface area contributed by atoms with Gasteiger partial charge in [-0.15, -0.1) is 21.5 Å². The Kier molecular flexibility index (Phi) is 4.89. The minimum Gasteiger partial charge on any atom is -0.356 e. The number of nitrogens with zero attached hydrogens (tertiary/aromatic N) is 4. The first-order valence-corrected chi connectivity index (χ1v) is 13.0. The first-order valence-electron chi connectivity index (χ1n) is 12.1. The van der Waals surface area contributed by atoms with E-state index in [1.807, 2.05) is 15.8 Å². The lowest BCUT2D eigenvalue weighted by Crippen LogP contribution is -2.47. The lowest BCUT2D eigenvalue weighted by Gasteiger charge is -2.57. The molecule has 0 atom stereocenters. The maximum Gasteiger partial charge on any atom is 0.272 e. The summed E-state index contributed by atoms with van der Waals surface area (Å²) in [4.78, 5) is 24.9. The average Bonchev–Trinajstić information content (AvgIpc) is 3.38. The van der Waals surface area contributed by atoms with E-state index in [-0.39, 0.29) is 11.5 Å². The second-order valence-electron chi connectivity index (χ2n) is 10.6. The largest absolute Gasteiger partial charge is 0.356 e. The van der Waals surface area contributed by atoms with Gasteiger partial charge in [0.2, 0.25) is 11.7 Å². The molecule has 8 heteroatoms. The maximum atomic E-state index is 12.5. The molecule has 0 aliphatic heterocycles. The number of fused-ring (bicyclic) bond motifs is 3. The minimum atomic E-state index is -0.0418. The molecule has 0 unspecified atom stereocenters. The zero-order chi connectivity index (χ0) is 21.9. The van der Waals surface area contributed by atoms with E-state index < -0.39 is 0 Å². The summed E-state index contributed by atoms with van der Waals surface area (Å²) in [7, 11) is 1.73. The number of aromatic nitrogens is 4. The molecule has 1 N–H and O–H groups in total. The van der Waals surface area contributed by atoms with Crippen LogP contribution in [-0.2, 0) is 18.3 Å². The first kappa shape index (κ1) is 20.4. The molecule has 1 amide bonds. The highest BCUT2D eigenvalue weighted by Crippen LogP contribution is 2.61. The number of carbonyl (C=O) groups is 1. The van der Waals surface area contributed by atoms with Gasteiger partial charge in [-0.05, 0) is 86.0 Å². The van der Waals surface area contributed by atoms with E-state index in [0.29, 0.717) is 28.7 Å². The summed E-state index contributed by atoms with van der Waals surface area (Å²) in [5.74, 6) is 4.38. The SMILES string of the molecule is Cn1c(=O)c2sccc2n2c(CCCC(=O)NCCC34CC5CC(CC(C5)C3)C4)nnc12. The highest BCUT2D eigenvalue weighted by molar-refractivity contribution is 7.17. The predicted octanol–water partition coefficient (Wildman–Crippen LogP) is 3.69. The standard InChI is InChI=1S/C24H31N5O2S/c1-28-22(31)21-18(5-8-32-21)29-19(26-27-23(28)29)3-2-4-20(30)25-7-6-24-12-15-9-16(13-24)11-17(10-15)14-24/h5,8,15-17H,2-4,6-7,9-14H2,1H3,(H,25,30). The van der Waals surface area contributed by atoms with E-state index >= 15 is 0 Å². The molecule has 4 aliphatic carbocycles. The summed E-state index contributed by atoms with van der Waals surface area (Å²) in [6.07, 6.45) is 11.6. The van der Waals surface area contributed by atoms with Gasteiger partial charge in [0.05, 0.1) is 5.52 Å². The molecular formula is C24H31N5O2S. The summed E-state index contributed by atoms with van der Waals surface area (Å²) in [6.45, 7) is 0.816. The molecule has 4 fully saturated rings. The second kappa shape index (κ2) is 7.68. The molecule has 7 nitrogen and oxygen atoms in total. The van der Waals surface area contributed by atoms with Gasteiger partial charge in [-0.1, -0.05) is 0 Å². The lowest BCUT2D eigenvalue weighted by atomic mass is 9.49. The van der Waals surface area contributed by atoms with Crippen LogP contribution < -0.4 is 10.9 Å². The van der Waals surface area contributed by atoms with E-state index in [9.17, 15) is 9.59 Å².